The lowest BCUT2D eigenvalue weighted by Crippen LogP contribution is -2.04. The summed E-state index contributed by atoms with van der Waals surface area (Å²) in [6, 6.07) is 1.51. The van der Waals surface area contributed by atoms with Gasteiger partial charge in [-0.2, -0.15) is 0 Å². The van der Waals surface area contributed by atoms with E-state index < -0.39 is 11.8 Å². The van der Waals surface area contributed by atoms with Crippen LogP contribution in [0.4, 0.5) is 4.39 Å². The van der Waals surface area contributed by atoms with Gasteiger partial charge in [0.25, 0.3) is 0 Å². The van der Waals surface area contributed by atoms with Crippen LogP contribution in [0, 0.1) is 5.82 Å². The second kappa shape index (κ2) is 5.56. The zero-order valence-corrected chi connectivity index (χ0v) is 11.1. The standard InChI is InChI=1S/C12H12BrFO4/c13-8-6-9-12(18-5-1-4-17-9)7(11(8)14)2-3-10(15)16/h6H,1-5H2,(H,15,16). The van der Waals surface area contributed by atoms with Gasteiger partial charge in [-0.3, -0.25) is 4.79 Å². The monoisotopic (exact) mass is 318 g/mol. The van der Waals surface area contributed by atoms with Crippen molar-refractivity contribution < 1.29 is 23.8 Å². The van der Waals surface area contributed by atoms with Crippen molar-refractivity contribution in [3.8, 4) is 11.5 Å². The van der Waals surface area contributed by atoms with Crippen LogP contribution in [0.2, 0.25) is 0 Å². The summed E-state index contributed by atoms with van der Waals surface area (Å²) in [6.45, 7) is 0.942. The van der Waals surface area contributed by atoms with Crippen LogP contribution >= 0.6 is 15.9 Å². The predicted octanol–water partition coefficient (Wildman–Crippen LogP) is 2.77. The topological polar surface area (TPSA) is 55.8 Å². The molecule has 2 rings (SSSR count). The van der Waals surface area contributed by atoms with E-state index in [0.29, 0.717) is 31.1 Å². The van der Waals surface area contributed by atoms with Crippen molar-refractivity contribution in [3.05, 3.63) is 21.9 Å². The fourth-order valence-electron chi connectivity index (χ4n) is 1.77. The molecule has 0 atom stereocenters. The Morgan fingerprint density at radius 2 is 2.17 bits per heavy atom. The van der Waals surface area contributed by atoms with Gasteiger partial charge in [-0.15, -0.1) is 0 Å². The highest BCUT2D eigenvalue weighted by molar-refractivity contribution is 9.10. The summed E-state index contributed by atoms with van der Waals surface area (Å²) in [6.07, 6.45) is 0.641. The molecule has 1 aliphatic rings. The van der Waals surface area contributed by atoms with Crippen LogP contribution in [0.15, 0.2) is 10.5 Å². The highest BCUT2D eigenvalue weighted by atomic mass is 79.9. The SMILES string of the molecule is O=C(O)CCc1c(F)c(Br)cc2c1OCCCO2. The zero-order valence-electron chi connectivity index (χ0n) is 9.54. The molecule has 0 amide bonds. The third kappa shape index (κ3) is 2.75. The summed E-state index contributed by atoms with van der Waals surface area (Å²) >= 11 is 3.10. The molecule has 18 heavy (non-hydrogen) atoms. The van der Waals surface area contributed by atoms with Crippen molar-refractivity contribution in [1.82, 2.24) is 0 Å². The third-order valence-corrected chi connectivity index (χ3v) is 3.19. The van der Waals surface area contributed by atoms with Gasteiger partial charge in [-0.05, 0) is 22.4 Å². The Morgan fingerprint density at radius 1 is 1.44 bits per heavy atom. The van der Waals surface area contributed by atoms with Crippen LogP contribution in [0.5, 0.6) is 11.5 Å². The van der Waals surface area contributed by atoms with Crippen molar-refractivity contribution in [3.63, 3.8) is 0 Å². The summed E-state index contributed by atoms with van der Waals surface area (Å²) in [7, 11) is 0. The molecule has 0 saturated carbocycles. The summed E-state index contributed by atoms with van der Waals surface area (Å²) < 4.78 is 25.2. The van der Waals surface area contributed by atoms with E-state index in [1.54, 1.807) is 0 Å². The van der Waals surface area contributed by atoms with Gasteiger partial charge in [0.15, 0.2) is 11.5 Å². The molecule has 6 heteroatoms. The molecule has 1 aromatic rings. The highest BCUT2D eigenvalue weighted by Gasteiger charge is 2.21. The fourth-order valence-corrected chi connectivity index (χ4v) is 2.22. The third-order valence-electron chi connectivity index (χ3n) is 2.61. The van der Waals surface area contributed by atoms with Gasteiger partial charge in [-0.25, -0.2) is 4.39 Å². The summed E-state index contributed by atoms with van der Waals surface area (Å²) in [4.78, 5) is 10.6. The first-order valence-corrected chi connectivity index (χ1v) is 6.37. The van der Waals surface area contributed by atoms with Crippen LogP contribution in [0.3, 0.4) is 0 Å². The molecule has 1 aromatic carbocycles. The number of carboxylic acids is 1. The van der Waals surface area contributed by atoms with Gasteiger partial charge in [0.2, 0.25) is 0 Å². The largest absolute Gasteiger partial charge is 0.490 e. The average Bonchev–Trinajstić information content (AvgIpc) is 2.54. The first-order chi connectivity index (χ1) is 8.59. The molecule has 98 valence electrons. The first kappa shape index (κ1) is 13.1. The number of benzene rings is 1. The molecule has 1 heterocycles. The van der Waals surface area contributed by atoms with Crippen LogP contribution in [-0.2, 0) is 11.2 Å². The Morgan fingerprint density at radius 3 is 2.89 bits per heavy atom. The Labute approximate surface area is 112 Å². The lowest BCUT2D eigenvalue weighted by molar-refractivity contribution is -0.136. The van der Waals surface area contributed by atoms with Gasteiger partial charge in [0.05, 0.1) is 17.7 Å². The highest BCUT2D eigenvalue weighted by Crippen LogP contribution is 2.39. The summed E-state index contributed by atoms with van der Waals surface area (Å²) in [5, 5.41) is 8.69. The second-order valence-electron chi connectivity index (χ2n) is 3.92. The van der Waals surface area contributed by atoms with Crippen molar-refractivity contribution in [2.75, 3.05) is 13.2 Å². The number of ether oxygens (including phenoxy) is 2. The Bertz CT molecular complexity index is 476. The minimum atomic E-state index is -0.974. The molecule has 0 saturated heterocycles. The maximum Gasteiger partial charge on any atom is 0.303 e. The van der Waals surface area contributed by atoms with Crippen LogP contribution in [0.25, 0.3) is 0 Å². The van der Waals surface area contributed by atoms with E-state index in [4.69, 9.17) is 14.6 Å². The number of carboxylic acid groups (broad SMARTS) is 1. The number of carbonyl (C=O) groups is 1. The van der Waals surface area contributed by atoms with E-state index in [0.717, 1.165) is 0 Å². The van der Waals surface area contributed by atoms with Crippen molar-refractivity contribution in [2.45, 2.75) is 19.3 Å². The quantitative estimate of drug-likeness (QED) is 0.931. The van der Waals surface area contributed by atoms with Crippen molar-refractivity contribution in [1.29, 1.82) is 0 Å². The van der Waals surface area contributed by atoms with E-state index in [9.17, 15) is 9.18 Å². The van der Waals surface area contributed by atoms with Gasteiger partial charge < -0.3 is 14.6 Å². The van der Waals surface area contributed by atoms with Crippen LogP contribution in [-0.4, -0.2) is 24.3 Å². The van der Waals surface area contributed by atoms with Gasteiger partial charge in [0.1, 0.15) is 5.82 Å². The fraction of sp³-hybridized carbons (Fsp3) is 0.417. The lowest BCUT2D eigenvalue weighted by Gasteiger charge is -2.14. The van der Waals surface area contributed by atoms with E-state index in [-0.39, 0.29) is 22.9 Å². The number of halogens is 2. The van der Waals surface area contributed by atoms with Crippen molar-refractivity contribution >= 4 is 21.9 Å². The Balaban J connectivity index is 2.40. The number of aliphatic carboxylic acids is 1. The van der Waals surface area contributed by atoms with Crippen LogP contribution < -0.4 is 9.47 Å². The maximum absolute atomic E-state index is 14.0. The molecule has 1 aliphatic heterocycles. The van der Waals surface area contributed by atoms with E-state index >= 15 is 0 Å². The summed E-state index contributed by atoms with van der Waals surface area (Å²) in [5.74, 6) is -0.672. The van der Waals surface area contributed by atoms with Crippen LogP contribution in [0.1, 0.15) is 18.4 Å². The minimum Gasteiger partial charge on any atom is -0.490 e. The molecule has 0 fully saturated rings. The maximum atomic E-state index is 14.0. The number of fused-ring (bicyclic) bond motifs is 1. The first-order valence-electron chi connectivity index (χ1n) is 5.58. The molecule has 0 radical (unpaired) electrons. The molecule has 4 nitrogen and oxygen atoms in total. The lowest BCUT2D eigenvalue weighted by atomic mass is 10.1. The smallest absolute Gasteiger partial charge is 0.303 e. The number of hydrogen-bond donors (Lipinski definition) is 1. The molecule has 0 aliphatic carbocycles. The molecule has 0 unspecified atom stereocenters. The van der Waals surface area contributed by atoms with Gasteiger partial charge >= 0.3 is 5.97 Å². The minimum absolute atomic E-state index is 0.0757. The predicted molar refractivity (Wildman–Crippen MR) is 65.7 cm³/mol. The molecule has 0 aromatic heterocycles. The van der Waals surface area contributed by atoms with Gasteiger partial charge in [0, 0.05) is 24.5 Å². The zero-order chi connectivity index (χ0) is 13.1. The molecule has 1 N–H and O–H groups in total. The number of rotatable bonds is 3. The van der Waals surface area contributed by atoms with E-state index in [1.165, 1.54) is 6.07 Å². The Kier molecular flexibility index (Phi) is 4.06. The molecule has 0 bridgehead atoms. The molecule has 0 spiro atoms. The van der Waals surface area contributed by atoms with E-state index in [1.807, 2.05) is 0 Å². The second-order valence-corrected chi connectivity index (χ2v) is 4.78. The van der Waals surface area contributed by atoms with Crippen molar-refractivity contribution in [2.24, 2.45) is 0 Å². The van der Waals surface area contributed by atoms with E-state index in [2.05, 4.69) is 15.9 Å². The average molecular weight is 319 g/mol. The molecular formula is C12H12BrFO4. The van der Waals surface area contributed by atoms with Gasteiger partial charge in [-0.1, -0.05) is 0 Å². The normalized spacial score (nSPS) is 14.1. The summed E-state index contributed by atoms with van der Waals surface area (Å²) in [5.41, 5.74) is 0.253. The molecular weight excluding hydrogens is 307 g/mol. The number of hydrogen-bond acceptors (Lipinski definition) is 3. The Hall–Kier alpha value is -1.30.